The molecule has 2 aromatic rings. The van der Waals surface area contributed by atoms with Crippen molar-refractivity contribution in [2.24, 2.45) is 0 Å². The molecular formula is C20H20N2O4. The van der Waals surface area contributed by atoms with Crippen molar-refractivity contribution in [1.29, 1.82) is 0 Å². The highest BCUT2D eigenvalue weighted by Gasteiger charge is 2.46. The number of hydrogen-bond donors (Lipinski definition) is 1. The molecule has 6 nitrogen and oxygen atoms in total. The van der Waals surface area contributed by atoms with E-state index >= 15 is 0 Å². The number of aromatic nitrogens is 1. The molecule has 1 unspecified atom stereocenters. The van der Waals surface area contributed by atoms with E-state index < -0.39 is 17.7 Å². The van der Waals surface area contributed by atoms with Crippen LogP contribution in [0.3, 0.4) is 0 Å². The Kier molecular flexibility index (Phi) is 5.14. The monoisotopic (exact) mass is 352 g/mol. The maximum Gasteiger partial charge on any atom is 0.295 e. The largest absolute Gasteiger partial charge is 0.507 e. The quantitative estimate of drug-likeness (QED) is 0.508. The van der Waals surface area contributed by atoms with Gasteiger partial charge in [0.15, 0.2) is 0 Å². The Morgan fingerprint density at radius 2 is 1.88 bits per heavy atom. The molecule has 3 rings (SSSR count). The summed E-state index contributed by atoms with van der Waals surface area (Å²) in [5, 5.41) is 10.8. The number of pyridine rings is 1. The van der Waals surface area contributed by atoms with E-state index in [0.29, 0.717) is 12.2 Å². The van der Waals surface area contributed by atoms with Crippen LogP contribution in [-0.2, 0) is 14.3 Å². The van der Waals surface area contributed by atoms with E-state index in [0.717, 1.165) is 11.1 Å². The van der Waals surface area contributed by atoms with Crippen molar-refractivity contribution in [1.82, 2.24) is 9.88 Å². The molecule has 1 N–H and O–H groups in total. The van der Waals surface area contributed by atoms with Gasteiger partial charge < -0.3 is 14.7 Å². The van der Waals surface area contributed by atoms with Gasteiger partial charge in [-0.15, -0.1) is 0 Å². The summed E-state index contributed by atoms with van der Waals surface area (Å²) in [6, 6.07) is 10.1. The van der Waals surface area contributed by atoms with Gasteiger partial charge in [-0.3, -0.25) is 14.6 Å². The standard InChI is InChI=1S/C20H20N2O4/c1-13-5-3-4-6-15(13)17-16(18(23)14-7-9-21-10-8-14)19(24)20(25)22(17)11-12-26-2/h3-10,17,23H,11-12H2,1-2H3/b18-16-. The number of ether oxygens (including phenoxy) is 1. The molecule has 26 heavy (non-hydrogen) atoms. The van der Waals surface area contributed by atoms with Crippen molar-refractivity contribution in [3.05, 3.63) is 71.1 Å². The van der Waals surface area contributed by atoms with Gasteiger partial charge >= 0.3 is 0 Å². The fourth-order valence-corrected chi connectivity index (χ4v) is 3.18. The number of methoxy groups -OCH3 is 1. The summed E-state index contributed by atoms with van der Waals surface area (Å²) in [6.07, 6.45) is 3.05. The van der Waals surface area contributed by atoms with Crippen molar-refractivity contribution in [2.75, 3.05) is 20.3 Å². The van der Waals surface area contributed by atoms with Crippen LogP contribution in [0.15, 0.2) is 54.4 Å². The van der Waals surface area contributed by atoms with Crippen LogP contribution in [0.25, 0.3) is 5.76 Å². The first-order chi connectivity index (χ1) is 12.6. The lowest BCUT2D eigenvalue weighted by molar-refractivity contribution is -0.140. The number of nitrogens with zero attached hydrogens (tertiary/aromatic N) is 2. The Morgan fingerprint density at radius 1 is 1.19 bits per heavy atom. The molecule has 1 atom stereocenters. The number of hydrogen-bond acceptors (Lipinski definition) is 5. The SMILES string of the molecule is COCCN1C(=O)C(=O)/C(=C(\O)c2ccncc2)C1c1ccccc1C. The predicted octanol–water partition coefficient (Wildman–Crippen LogP) is 2.46. The Hall–Kier alpha value is -2.99. The average molecular weight is 352 g/mol. The van der Waals surface area contributed by atoms with Crippen LogP contribution in [-0.4, -0.2) is 46.9 Å². The molecular weight excluding hydrogens is 332 g/mol. The van der Waals surface area contributed by atoms with Crippen LogP contribution in [0, 0.1) is 6.92 Å². The number of aliphatic hydroxyl groups is 1. The van der Waals surface area contributed by atoms with Crippen molar-refractivity contribution in [3.8, 4) is 0 Å². The molecule has 0 bridgehead atoms. The van der Waals surface area contributed by atoms with Crippen LogP contribution in [0.4, 0.5) is 0 Å². The van der Waals surface area contributed by atoms with E-state index in [1.165, 1.54) is 24.4 Å². The maximum absolute atomic E-state index is 12.7. The summed E-state index contributed by atoms with van der Waals surface area (Å²) in [7, 11) is 1.54. The highest BCUT2D eigenvalue weighted by molar-refractivity contribution is 6.46. The molecule has 1 aromatic carbocycles. The number of carbonyl (C=O) groups excluding carboxylic acids is 2. The van der Waals surface area contributed by atoms with E-state index in [-0.39, 0.29) is 17.9 Å². The fraction of sp³-hybridized carbons (Fsp3) is 0.250. The van der Waals surface area contributed by atoms with Crippen LogP contribution in [0.2, 0.25) is 0 Å². The van der Waals surface area contributed by atoms with Crippen molar-refractivity contribution in [2.45, 2.75) is 13.0 Å². The predicted molar refractivity (Wildman–Crippen MR) is 96.3 cm³/mol. The summed E-state index contributed by atoms with van der Waals surface area (Å²) in [5.74, 6) is -1.52. The van der Waals surface area contributed by atoms with E-state index in [9.17, 15) is 14.7 Å². The fourth-order valence-electron chi connectivity index (χ4n) is 3.18. The maximum atomic E-state index is 12.7. The van der Waals surface area contributed by atoms with E-state index in [4.69, 9.17) is 4.74 Å². The number of ketones is 1. The first-order valence-electron chi connectivity index (χ1n) is 8.29. The number of rotatable bonds is 5. The minimum absolute atomic E-state index is 0.0894. The topological polar surface area (TPSA) is 79.7 Å². The first-order valence-corrected chi connectivity index (χ1v) is 8.29. The molecule has 0 saturated carbocycles. The molecule has 1 aliphatic heterocycles. The first kappa shape index (κ1) is 17.8. The average Bonchev–Trinajstić information content (AvgIpc) is 2.91. The minimum atomic E-state index is -0.691. The van der Waals surface area contributed by atoms with E-state index in [1.54, 1.807) is 12.1 Å². The van der Waals surface area contributed by atoms with Crippen molar-refractivity contribution >= 4 is 17.4 Å². The van der Waals surface area contributed by atoms with Crippen LogP contribution in [0.5, 0.6) is 0 Å². The zero-order valence-corrected chi connectivity index (χ0v) is 14.7. The van der Waals surface area contributed by atoms with Gasteiger partial charge in [0, 0.05) is 31.6 Å². The Balaban J connectivity index is 2.19. The van der Waals surface area contributed by atoms with E-state index in [1.807, 2.05) is 31.2 Å². The molecule has 1 amide bonds. The number of aryl methyl sites for hydroxylation is 1. The molecule has 1 fully saturated rings. The molecule has 1 aliphatic rings. The zero-order chi connectivity index (χ0) is 18.7. The minimum Gasteiger partial charge on any atom is -0.507 e. The summed E-state index contributed by atoms with van der Waals surface area (Å²) < 4.78 is 5.09. The molecule has 6 heteroatoms. The molecule has 134 valence electrons. The van der Waals surface area contributed by atoms with E-state index in [2.05, 4.69) is 4.98 Å². The van der Waals surface area contributed by atoms with Crippen molar-refractivity contribution < 1.29 is 19.4 Å². The third-order valence-corrected chi connectivity index (χ3v) is 4.51. The summed E-state index contributed by atoms with van der Waals surface area (Å²) >= 11 is 0. The summed E-state index contributed by atoms with van der Waals surface area (Å²) in [4.78, 5) is 30.7. The lowest BCUT2D eigenvalue weighted by Crippen LogP contribution is -2.32. The lowest BCUT2D eigenvalue weighted by atomic mass is 9.93. The number of Topliss-reactive ketones (excluding diaryl/α,β-unsaturated/α-hetero) is 1. The molecule has 0 radical (unpaired) electrons. The zero-order valence-electron chi connectivity index (χ0n) is 14.7. The van der Waals surface area contributed by atoms with Gasteiger partial charge in [0.25, 0.3) is 11.7 Å². The number of likely N-dealkylation sites (tertiary alicyclic amines) is 1. The summed E-state index contributed by atoms with van der Waals surface area (Å²) in [5.41, 5.74) is 2.27. The number of aliphatic hydroxyl groups excluding tert-OH is 1. The second-order valence-electron chi connectivity index (χ2n) is 6.08. The lowest BCUT2D eigenvalue weighted by Gasteiger charge is -2.26. The number of amides is 1. The highest BCUT2D eigenvalue weighted by atomic mass is 16.5. The van der Waals surface area contributed by atoms with Gasteiger partial charge in [-0.25, -0.2) is 0 Å². The summed E-state index contributed by atoms with van der Waals surface area (Å²) in [6.45, 7) is 2.47. The van der Waals surface area contributed by atoms with Crippen LogP contribution in [0.1, 0.15) is 22.7 Å². The highest BCUT2D eigenvalue weighted by Crippen LogP contribution is 2.40. The van der Waals surface area contributed by atoms with Gasteiger partial charge in [0.1, 0.15) is 5.76 Å². The van der Waals surface area contributed by atoms with Crippen molar-refractivity contribution in [3.63, 3.8) is 0 Å². The van der Waals surface area contributed by atoms with Crippen LogP contribution < -0.4 is 0 Å². The Morgan fingerprint density at radius 3 is 2.54 bits per heavy atom. The van der Waals surface area contributed by atoms with Gasteiger partial charge in [-0.05, 0) is 30.2 Å². The number of carbonyl (C=O) groups is 2. The molecule has 0 aliphatic carbocycles. The van der Waals surface area contributed by atoms with Gasteiger partial charge in [0.05, 0.1) is 18.2 Å². The molecule has 2 heterocycles. The van der Waals surface area contributed by atoms with Gasteiger partial charge in [-0.2, -0.15) is 0 Å². The van der Waals surface area contributed by atoms with Crippen LogP contribution >= 0.6 is 0 Å². The second-order valence-corrected chi connectivity index (χ2v) is 6.08. The number of benzene rings is 1. The third-order valence-electron chi connectivity index (χ3n) is 4.51. The molecule has 0 spiro atoms. The Bertz CT molecular complexity index is 861. The second kappa shape index (κ2) is 7.49. The van der Waals surface area contributed by atoms with Gasteiger partial charge in [-0.1, -0.05) is 24.3 Å². The van der Waals surface area contributed by atoms with Gasteiger partial charge in [0.2, 0.25) is 0 Å². The normalized spacial score (nSPS) is 19.2. The smallest absolute Gasteiger partial charge is 0.295 e. The molecule has 1 saturated heterocycles. The molecule has 1 aromatic heterocycles. The Labute approximate surface area is 151 Å². The third kappa shape index (κ3) is 3.11.